The molecule has 0 aliphatic heterocycles. The Bertz CT molecular complexity index is 439. The fourth-order valence-corrected chi connectivity index (χ4v) is 3.81. The maximum atomic E-state index is 6.17. The van der Waals surface area contributed by atoms with Gasteiger partial charge in [0.25, 0.3) is 0 Å². The van der Waals surface area contributed by atoms with E-state index in [0.717, 1.165) is 28.9 Å². The lowest BCUT2D eigenvalue weighted by Gasteiger charge is -2.16. The molecule has 1 fully saturated rings. The number of thioether (sulfide) groups is 1. The zero-order valence-corrected chi connectivity index (χ0v) is 13.4. The van der Waals surface area contributed by atoms with Crippen LogP contribution in [-0.2, 0) is 6.42 Å². The van der Waals surface area contributed by atoms with Gasteiger partial charge in [-0.3, -0.25) is 0 Å². The molecule has 2 unspecified atom stereocenters. The second kappa shape index (κ2) is 6.80. The van der Waals surface area contributed by atoms with Crippen LogP contribution in [0.25, 0.3) is 0 Å². The summed E-state index contributed by atoms with van der Waals surface area (Å²) in [6, 6.07) is 0.526. The highest BCUT2D eigenvalue weighted by Gasteiger charge is 2.25. The highest BCUT2D eigenvalue weighted by molar-refractivity contribution is 7.99. The van der Waals surface area contributed by atoms with Crippen LogP contribution in [0.3, 0.4) is 0 Å². The number of hydrogen-bond acceptors (Lipinski definition) is 4. The first-order valence-electron chi connectivity index (χ1n) is 7.05. The number of rotatable bonds is 5. The second-order valence-electron chi connectivity index (χ2n) is 4.99. The summed E-state index contributed by atoms with van der Waals surface area (Å²) < 4.78 is 0. The Morgan fingerprint density at radius 2 is 2.11 bits per heavy atom. The van der Waals surface area contributed by atoms with Gasteiger partial charge >= 0.3 is 0 Å². The van der Waals surface area contributed by atoms with Crippen LogP contribution in [0.15, 0.2) is 0 Å². The van der Waals surface area contributed by atoms with E-state index in [1.807, 2.05) is 13.8 Å². The lowest BCUT2D eigenvalue weighted by molar-refractivity contribution is 0.746. The maximum absolute atomic E-state index is 6.17. The minimum Gasteiger partial charge on any atom is -0.367 e. The summed E-state index contributed by atoms with van der Waals surface area (Å²) in [5, 5.41) is 4.94. The fraction of sp³-hybridized carbons (Fsp3) is 0.714. The van der Waals surface area contributed by atoms with E-state index in [0.29, 0.717) is 11.2 Å². The highest BCUT2D eigenvalue weighted by atomic mass is 35.5. The number of anilines is 1. The molecule has 1 aromatic rings. The lowest BCUT2D eigenvalue weighted by atomic mass is 10.2. The predicted octanol–water partition coefficient (Wildman–Crippen LogP) is 4.09. The topological polar surface area (TPSA) is 37.8 Å². The fourth-order valence-electron chi connectivity index (χ4n) is 2.48. The Hall–Kier alpha value is -0.480. The molecule has 1 aliphatic rings. The Balaban J connectivity index is 2.05. The summed E-state index contributed by atoms with van der Waals surface area (Å²) in [5.74, 6) is 2.94. The number of nitrogens with one attached hydrogen (secondary N) is 1. The van der Waals surface area contributed by atoms with Crippen molar-refractivity contribution >= 4 is 29.2 Å². The molecule has 0 aromatic carbocycles. The van der Waals surface area contributed by atoms with Crippen LogP contribution >= 0.6 is 23.4 Å². The molecule has 1 N–H and O–H groups in total. The van der Waals surface area contributed by atoms with Gasteiger partial charge in [-0.1, -0.05) is 25.4 Å². The van der Waals surface area contributed by atoms with Crippen LogP contribution in [0.5, 0.6) is 0 Å². The van der Waals surface area contributed by atoms with Crippen LogP contribution in [-0.4, -0.2) is 27.0 Å². The molecule has 0 radical (unpaired) electrons. The lowest BCUT2D eigenvalue weighted by Crippen LogP contribution is -2.18. The van der Waals surface area contributed by atoms with Gasteiger partial charge in [0.2, 0.25) is 0 Å². The summed E-state index contributed by atoms with van der Waals surface area (Å²) >= 11 is 8.24. The molecule has 0 bridgehead atoms. The molecular weight excluding hydrogens is 278 g/mol. The smallest absolute Gasteiger partial charge is 0.137 e. The molecule has 1 aromatic heterocycles. The van der Waals surface area contributed by atoms with Gasteiger partial charge < -0.3 is 5.32 Å². The molecule has 0 spiro atoms. The molecule has 1 saturated carbocycles. The zero-order valence-electron chi connectivity index (χ0n) is 11.9. The van der Waals surface area contributed by atoms with Crippen LogP contribution in [0.1, 0.15) is 44.5 Å². The summed E-state index contributed by atoms with van der Waals surface area (Å²) in [5.41, 5.74) is 0.963. The van der Waals surface area contributed by atoms with Gasteiger partial charge in [-0.15, -0.1) is 0 Å². The third kappa shape index (κ3) is 3.76. The Labute approximate surface area is 124 Å². The van der Waals surface area contributed by atoms with Gasteiger partial charge in [-0.25, -0.2) is 9.97 Å². The van der Waals surface area contributed by atoms with Crippen molar-refractivity contribution in [2.24, 2.45) is 0 Å². The van der Waals surface area contributed by atoms with Crippen LogP contribution < -0.4 is 5.32 Å². The van der Waals surface area contributed by atoms with Crippen molar-refractivity contribution in [3.63, 3.8) is 0 Å². The molecule has 0 saturated heterocycles. The Kier molecular flexibility index (Phi) is 5.34. The van der Waals surface area contributed by atoms with Gasteiger partial charge in [0, 0.05) is 23.3 Å². The van der Waals surface area contributed by atoms with Crippen molar-refractivity contribution in [1.82, 2.24) is 9.97 Å². The zero-order chi connectivity index (χ0) is 13.8. The van der Waals surface area contributed by atoms with Crippen molar-refractivity contribution in [3.05, 3.63) is 16.5 Å². The van der Waals surface area contributed by atoms with Gasteiger partial charge in [-0.05, 0) is 31.9 Å². The van der Waals surface area contributed by atoms with Crippen molar-refractivity contribution in [3.8, 4) is 0 Å². The highest BCUT2D eigenvalue weighted by Crippen LogP contribution is 2.32. The molecule has 106 valence electrons. The number of nitrogens with zero attached hydrogens (tertiary/aromatic N) is 2. The third-order valence-electron chi connectivity index (χ3n) is 3.58. The molecule has 2 atom stereocenters. The molecule has 19 heavy (non-hydrogen) atoms. The van der Waals surface area contributed by atoms with Crippen LogP contribution in [0.4, 0.5) is 5.82 Å². The molecular formula is C14H22ClN3S. The number of halogens is 1. The molecule has 3 nitrogen and oxygen atoms in total. The largest absolute Gasteiger partial charge is 0.367 e. The number of hydrogen-bond donors (Lipinski definition) is 1. The predicted molar refractivity (Wildman–Crippen MR) is 84.3 cm³/mol. The molecule has 1 aliphatic carbocycles. The van der Waals surface area contributed by atoms with E-state index >= 15 is 0 Å². The SMILES string of the molecule is CCSC1CCC(Nc2nc(CC)nc(Cl)c2C)C1. The van der Waals surface area contributed by atoms with E-state index in [9.17, 15) is 0 Å². The first-order valence-corrected chi connectivity index (χ1v) is 8.47. The van der Waals surface area contributed by atoms with E-state index in [1.165, 1.54) is 25.0 Å². The Morgan fingerprint density at radius 3 is 2.79 bits per heavy atom. The molecule has 5 heteroatoms. The second-order valence-corrected chi connectivity index (χ2v) is 6.92. The number of aryl methyl sites for hydroxylation is 1. The standard InChI is InChI=1S/C14H22ClN3S/c1-4-12-17-13(15)9(3)14(18-12)16-10-6-7-11(8-10)19-5-2/h10-11H,4-8H2,1-3H3,(H,16,17,18). The van der Waals surface area contributed by atoms with Crippen molar-refractivity contribution < 1.29 is 0 Å². The molecule has 0 amide bonds. The van der Waals surface area contributed by atoms with Crippen LogP contribution in [0.2, 0.25) is 5.15 Å². The minimum absolute atomic E-state index is 0.526. The first-order chi connectivity index (χ1) is 9.13. The quantitative estimate of drug-likeness (QED) is 0.831. The first kappa shape index (κ1) is 14.9. The van der Waals surface area contributed by atoms with Gasteiger partial charge in [-0.2, -0.15) is 11.8 Å². The van der Waals surface area contributed by atoms with E-state index in [4.69, 9.17) is 11.6 Å². The van der Waals surface area contributed by atoms with Crippen molar-refractivity contribution in [2.45, 2.75) is 57.7 Å². The van der Waals surface area contributed by atoms with Gasteiger partial charge in [0.15, 0.2) is 0 Å². The van der Waals surface area contributed by atoms with E-state index in [2.05, 4.69) is 34.0 Å². The Morgan fingerprint density at radius 1 is 1.32 bits per heavy atom. The van der Waals surface area contributed by atoms with E-state index in [-0.39, 0.29) is 0 Å². The van der Waals surface area contributed by atoms with Crippen molar-refractivity contribution in [2.75, 3.05) is 11.1 Å². The summed E-state index contributed by atoms with van der Waals surface area (Å²) in [7, 11) is 0. The summed E-state index contributed by atoms with van der Waals surface area (Å²) in [4.78, 5) is 8.85. The third-order valence-corrected chi connectivity index (χ3v) is 5.18. The van der Waals surface area contributed by atoms with E-state index < -0.39 is 0 Å². The molecule has 1 heterocycles. The minimum atomic E-state index is 0.526. The summed E-state index contributed by atoms with van der Waals surface area (Å²) in [6.45, 7) is 6.26. The van der Waals surface area contributed by atoms with Gasteiger partial charge in [0.1, 0.15) is 16.8 Å². The van der Waals surface area contributed by atoms with Crippen molar-refractivity contribution in [1.29, 1.82) is 0 Å². The van der Waals surface area contributed by atoms with E-state index in [1.54, 1.807) is 0 Å². The number of aromatic nitrogens is 2. The monoisotopic (exact) mass is 299 g/mol. The van der Waals surface area contributed by atoms with Gasteiger partial charge in [0.05, 0.1) is 0 Å². The average Bonchev–Trinajstić information content (AvgIpc) is 2.82. The maximum Gasteiger partial charge on any atom is 0.137 e. The summed E-state index contributed by atoms with van der Waals surface area (Å²) in [6.07, 6.45) is 4.56. The molecule has 2 rings (SSSR count). The normalized spacial score (nSPS) is 22.7. The average molecular weight is 300 g/mol. The van der Waals surface area contributed by atoms with Crippen LogP contribution in [0, 0.1) is 6.92 Å².